The molecule has 1 N–H and O–H groups in total. The number of aromatic nitrogens is 5. The number of nitrogens with zero attached hydrogens (tertiary/aromatic N) is 5. The van der Waals surface area contributed by atoms with Crippen LogP contribution in [-0.2, 0) is 20.9 Å². The van der Waals surface area contributed by atoms with E-state index in [1.165, 1.54) is 0 Å². The molecule has 0 saturated carbocycles. The Hall–Kier alpha value is -3.56. The van der Waals surface area contributed by atoms with Crippen LogP contribution in [0.1, 0.15) is 54.6 Å². The van der Waals surface area contributed by atoms with Gasteiger partial charge < -0.3 is 14.6 Å². The molecule has 0 radical (unpaired) electrons. The minimum absolute atomic E-state index is 0.00204. The van der Waals surface area contributed by atoms with Crippen LogP contribution < -0.4 is 5.56 Å². The number of esters is 1. The minimum Gasteiger partial charge on any atom is -0.466 e. The van der Waals surface area contributed by atoms with Crippen LogP contribution in [-0.4, -0.2) is 61.4 Å². The second-order valence-corrected chi connectivity index (χ2v) is 8.44. The maximum Gasteiger partial charge on any atom is 0.315 e. The Bertz CT molecular complexity index is 1240. The van der Waals surface area contributed by atoms with Crippen molar-refractivity contribution in [3.8, 4) is 0 Å². The van der Waals surface area contributed by atoms with E-state index >= 15 is 0 Å². The number of nitrogens with one attached hydrogen (secondary N) is 1. The van der Waals surface area contributed by atoms with E-state index in [-0.39, 0.29) is 35.9 Å². The number of ether oxygens (including phenoxy) is 1. The van der Waals surface area contributed by atoms with Gasteiger partial charge >= 0.3 is 5.97 Å². The predicted octanol–water partition coefficient (Wildman–Crippen LogP) is 1.84. The van der Waals surface area contributed by atoms with Gasteiger partial charge in [0.25, 0.3) is 5.56 Å². The maximum atomic E-state index is 12.7. The maximum absolute atomic E-state index is 12.7. The van der Waals surface area contributed by atoms with Gasteiger partial charge in [-0.2, -0.15) is 0 Å². The third kappa shape index (κ3) is 4.94. The molecule has 1 fully saturated rings. The van der Waals surface area contributed by atoms with Crippen LogP contribution in [0.2, 0.25) is 0 Å². The summed E-state index contributed by atoms with van der Waals surface area (Å²) >= 11 is 0. The number of hydrogen-bond donors (Lipinski definition) is 1. The number of carbonyl (C=O) groups is 2. The fraction of sp³-hybridized carbons (Fsp3) is 0.478. The van der Waals surface area contributed by atoms with E-state index in [4.69, 9.17) is 9.72 Å². The lowest BCUT2D eigenvalue weighted by molar-refractivity contribution is -0.149. The van der Waals surface area contributed by atoms with Gasteiger partial charge in [-0.3, -0.25) is 14.4 Å². The van der Waals surface area contributed by atoms with Crippen molar-refractivity contribution in [2.75, 3.05) is 19.7 Å². The average Bonchev–Trinajstić information content (AvgIpc) is 3.20. The number of aromatic amines is 1. The first-order valence-corrected chi connectivity index (χ1v) is 11.2. The van der Waals surface area contributed by atoms with Crippen LogP contribution in [0.25, 0.3) is 11.2 Å². The summed E-state index contributed by atoms with van der Waals surface area (Å²) in [6, 6.07) is 6.22. The van der Waals surface area contributed by atoms with Crippen LogP contribution >= 0.6 is 0 Å². The number of benzene rings is 1. The molecule has 1 amide bonds. The smallest absolute Gasteiger partial charge is 0.315 e. The fourth-order valence-electron chi connectivity index (χ4n) is 4.16. The summed E-state index contributed by atoms with van der Waals surface area (Å²) in [5.74, 6) is -0.169. The average molecular weight is 453 g/mol. The van der Waals surface area contributed by atoms with Crippen molar-refractivity contribution < 1.29 is 14.3 Å². The highest BCUT2D eigenvalue weighted by molar-refractivity contribution is 5.94. The van der Waals surface area contributed by atoms with Crippen LogP contribution in [0.4, 0.5) is 0 Å². The summed E-state index contributed by atoms with van der Waals surface area (Å²) in [6.07, 6.45) is 1.03. The summed E-state index contributed by atoms with van der Waals surface area (Å²) in [6.45, 7) is 7.49. The van der Waals surface area contributed by atoms with Gasteiger partial charge in [0.15, 0.2) is 11.2 Å². The molecule has 0 spiro atoms. The first-order valence-electron chi connectivity index (χ1n) is 11.2. The van der Waals surface area contributed by atoms with E-state index < -0.39 is 5.97 Å². The van der Waals surface area contributed by atoms with Gasteiger partial charge in [0, 0.05) is 19.0 Å². The summed E-state index contributed by atoms with van der Waals surface area (Å²) in [4.78, 5) is 45.8. The van der Waals surface area contributed by atoms with Crippen LogP contribution in [0, 0.1) is 13.8 Å². The molecular weight excluding hydrogens is 424 g/mol. The molecule has 0 bridgehead atoms. The lowest BCUT2D eigenvalue weighted by Crippen LogP contribution is -2.39. The number of carbonyl (C=O) groups excluding carboxylic acids is 2. The summed E-state index contributed by atoms with van der Waals surface area (Å²) in [5, 5.41) is 8.21. The van der Waals surface area contributed by atoms with E-state index in [1.54, 1.807) is 16.5 Å². The number of H-pyrrole nitrogens is 1. The zero-order valence-corrected chi connectivity index (χ0v) is 19.1. The molecule has 4 rings (SSSR count). The molecule has 0 atom stereocenters. The Balaban J connectivity index is 1.51. The normalized spacial score (nSPS) is 14.6. The third-order valence-electron chi connectivity index (χ3n) is 6.05. The second kappa shape index (κ2) is 9.51. The predicted molar refractivity (Wildman–Crippen MR) is 121 cm³/mol. The van der Waals surface area contributed by atoms with Crippen molar-refractivity contribution in [2.45, 2.75) is 52.5 Å². The van der Waals surface area contributed by atoms with Crippen LogP contribution in [0.15, 0.2) is 23.0 Å². The zero-order valence-electron chi connectivity index (χ0n) is 19.1. The third-order valence-corrected chi connectivity index (χ3v) is 6.05. The molecule has 1 aromatic carbocycles. The molecular formula is C23H28N6O4. The van der Waals surface area contributed by atoms with E-state index in [0.29, 0.717) is 43.9 Å². The zero-order chi connectivity index (χ0) is 23.5. The van der Waals surface area contributed by atoms with Gasteiger partial charge in [-0.1, -0.05) is 29.0 Å². The molecule has 3 aromatic rings. The Kier molecular flexibility index (Phi) is 6.52. The van der Waals surface area contributed by atoms with Crippen molar-refractivity contribution in [1.82, 2.24) is 29.9 Å². The highest BCUT2D eigenvalue weighted by atomic mass is 16.5. The molecule has 2 aromatic heterocycles. The molecule has 10 heteroatoms. The Morgan fingerprint density at radius 3 is 2.70 bits per heavy atom. The summed E-state index contributed by atoms with van der Waals surface area (Å²) in [7, 11) is 0. The SMILES string of the molecule is CCOC(=O)CC(=O)N1CCC(c2nc3c(nnn3Cc3cc(C)ccc3C)c(=O)[nH]2)CC1. The monoisotopic (exact) mass is 452 g/mol. The summed E-state index contributed by atoms with van der Waals surface area (Å²) in [5.41, 5.74) is 3.73. The lowest BCUT2D eigenvalue weighted by Gasteiger charge is -2.31. The van der Waals surface area contributed by atoms with E-state index in [1.807, 2.05) is 13.8 Å². The van der Waals surface area contributed by atoms with Crippen molar-refractivity contribution >= 4 is 23.0 Å². The molecule has 1 aliphatic rings. The fourth-order valence-corrected chi connectivity index (χ4v) is 4.16. The Morgan fingerprint density at radius 2 is 1.97 bits per heavy atom. The van der Waals surface area contributed by atoms with Crippen molar-refractivity contribution in [2.24, 2.45) is 0 Å². The molecule has 174 valence electrons. The van der Waals surface area contributed by atoms with Gasteiger partial charge in [0.1, 0.15) is 12.2 Å². The minimum atomic E-state index is -0.509. The van der Waals surface area contributed by atoms with Gasteiger partial charge in [-0.05, 0) is 44.7 Å². The summed E-state index contributed by atoms with van der Waals surface area (Å²) < 4.78 is 6.52. The van der Waals surface area contributed by atoms with E-state index in [0.717, 1.165) is 16.7 Å². The number of hydrogen-bond acceptors (Lipinski definition) is 7. The van der Waals surface area contributed by atoms with Crippen molar-refractivity contribution in [3.63, 3.8) is 0 Å². The number of aryl methyl sites for hydroxylation is 2. The molecule has 3 heterocycles. The van der Waals surface area contributed by atoms with Gasteiger partial charge in [-0.25, -0.2) is 9.67 Å². The standard InChI is InChI=1S/C23H28N6O4/c1-4-33-19(31)12-18(30)28-9-7-16(8-10-28)21-24-22-20(23(32)25-21)26-27-29(22)13-17-11-14(2)5-6-15(17)3/h5-6,11,16H,4,7-10,12-13H2,1-3H3,(H,24,25,32). The largest absolute Gasteiger partial charge is 0.466 e. The lowest BCUT2D eigenvalue weighted by atomic mass is 9.95. The Morgan fingerprint density at radius 1 is 1.21 bits per heavy atom. The Labute approximate surface area is 191 Å². The highest BCUT2D eigenvalue weighted by Crippen LogP contribution is 2.26. The van der Waals surface area contributed by atoms with Gasteiger partial charge in [0.2, 0.25) is 5.91 Å². The van der Waals surface area contributed by atoms with Gasteiger partial charge in [0.05, 0.1) is 13.2 Å². The highest BCUT2D eigenvalue weighted by Gasteiger charge is 2.27. The van der Waals surface area contributed by atoms with Crippen LogP contribution in [0.5, 0.6) is 0 Å². The number of rotatable bonds is 6. The number of piperidine rings is 1. The van der Waals surface area contributed by atoms with E-state index in [9.17, 15) is 14.4 Å². The number of likely N-dealkylation sites (tertiary alicyclic amines) is 1. The number of fused-ring (bicyclic) bond motifs is 1. The quantitative estimate of drug-likeness (QED) is 0.447. The molecule has 0 aliphatic carbocycles. The van der Waals surface area contributed by atoms with E-state index in [2.05, 4.69) is 33.5 Å². The van der Waals surface area contributed by atoms with Crippen molar-refractivity contribution in [1.29, 1.82) is 0 Å². The first-order chi connectivity index (χ1) is 15.9. The van der Waals surface area contributed by atoms with Gasteiger partial charge in [-0.15, -0.1) is 5.10 Å². The molecule has 1 aliphatic heterocycles. The topological polar surface area (TPSA) is 123 Å². The van der Waals surface area contributed by atoms with Crippen molar-refractivity contribution in [3.05, 3.63) is 51.1 Å². The molecule has 0 unspecified atom stereocenters. The molecule has 1 saturated heterocycles. The number of amides is 1. The van der Waals surface area contributed by atoms with Crippen LogP contribution in [0.3, 0.4) is 0 Å². The second-order valence-electron chi connectivity index (χ2n) is 8.44. The first kappa shape index (κ1) is 22.6. The molecule has 10 nitrogen and oxygen atoms in total. The molecule has 33 heavy (non-hydrogen) atoms.